The van der Waals surface area contributed by atoms with E-state index in [0.29, 0.717) is 23.0 Å². The van der Waals surface area contributed by atoms with Gasteiger partial charge in [0, 0.05) is 29.9 Å². The van der Waals surface area contributed by atoms with Crippen molar-refractivity contribution in [3.05, 3.63) is 28.5 Å². The summed E-state index contributed by atoms with van der Waals surface area (Å²) in [6.45, 7) is 2.29. The quantitative estimate of drug-likeness (QED) is 0.649. The molecule has 8 heteroatoms. The molecule has 0 amide bonds. The average Bonchev–Trinajstić information content (AvgIpc) is 2.46. The Morgan fingerprint density at radius 2 is 2.24 bits per heavy atom. The SMILES string of the molecule is CCC1CN(S(=O)(=O)c2ccc(Br)cc2F)CC/C1=N\O. The van der Waals surface area contributed by atoms with Gasteiger partial charge in [-0.1, -0.05) is 28.0 Å². The van der Waals surface area contributed by atoms with E-state index in [1.165, 1.54) is 16.4 Å². The number of nitrogens with zero attached hydrogens (tertiary/aromatic N) is 2. The number of sulfonamides is 1. The van der Waals surface area contributed by atoms with Gasteiger partial charge in [0.15, 0.2) is 0 Å². The van der Waals surface area contributed by atoms with Crippen molar-refractivity contribution in [3.63, 3.8) is 0 Å². The Bertz CT molecular complexity index is 663. The largest absolute Gasteiger partial charge is 0.411 e. The van der Waals surface area contributed by atoms with Crippen LogP contribution in [0, 0.1) is 11.7 Å². The lowest BCUT2D eigenvalue weighted by molar-refractivity contribution is 0.295. The molecule has 1 heterocycles. The molecule has 0 bridgehead atoms. The number of hydrogen-bond donors (Lipinski definition) is 1. The molecule has 1 aromatic rings. The molecule has 1 atom stereocenters. The summed E-state index contributed by atoms with van der Waals surface area (Å²) in [5.74, 6) is -0.920. The summed E-state index contributed by atoms with van der Waals surface area (Å²) in [4.78, 5) is -0.329. The second-order valence-corrected chi connectivity index (χ2v) is 7.71. The number of piperidine rings is 1. The highest BCUT2D eigenvalue weighted by molar-refractivity contribution is 9.10. The van der Waals surface area contributed by atoms with Crippen LogP contribution in [0.15, 0.2) is 32.7 Å². The van der Waals surface area contributed by atoms with Crippen molar-refractivity contribution >= 4 is 31.7 Å². The Morgan fingerprint density at radius 3 is 2.81 bits per heavy atom. The third-order valence-electron chi connectivity index (χ3n) is 3.65. The summed E-state index contributed by atoms with van der Waals surface area (Å²) in [5.41, 5.74) is 0.597. The lowest BCUT2D eigenvalue weighted by Crippen LogP contribution is -2.44. The van der Waals surface area contributed by atoms with Crippen LogP contribution in [0.1, 0.15) is 19.8 Å². The van der Waals surface area contributed by atoms with Crippen molar-refractivity contribution in [2.24, 2.45) is 11.1 Å². The van der Waals surface area contributed by atoms with Crippen LogP contribution in [0.2, 0.25) is 0 Å². The van der Waals surface area contributed by atoms with Gasteiger partial charge < -0.3 is 5.21 Å². The zero-order valence-corrected chi connectivity index (χ0v) is 13.9. The number of halogens is 2. The molecule has 0 aliphatic carbocycles. The van der Waals surface area contributed by atoms with Crippen LogP contribution in [0.25, 0.3) is 0 Å². The minimum absolute atomic E-state index is 0.142. The molecule has 2 rings (SSSR count). The number of rotatable bonds is 3. The average molecular weight is 379 g/mol. The first-order valence-electron chi connectivity index (χ1n) is 6.56. The van der Waals surface area contributed by atoms with E-state index >= 15 is 0 Å². The third kappa shape index (κ3) is 3.27. The molecule has 1 N–H and O–H groups in total. The second-order valence-electron chi connectivity index (χ2n) is 4.88. The Hall–Kier alpha value is -0.990. The molecule has 1 aliphatic rings. The first-order chi connectivity index (χ1) is 9.90. The van der Waals surface area contributed by atoms with Gasteiger partial charge in [0.1, 0.15) is 10.7 Å². The first kappa shape index (κ1) is 16.4. The predicted octanol–water partition coefficient (Wildman–Crippen LogP) is 2.84. The van der Waals surface area contributed by atoms with Crippen LogP contribution in [0.3, 0.4) is 0 Å². The molecule has 0 spiro atoms. The van der Waals surface area contributed by atoms with Crippen LogP contribution in [0.5, 0.6) is 0 Å². The number of oxime groups is 1. The maximum absolute atomic E-state index is 13.9. The van der Waals surface area contributed by atoms with Gasteiger partial charge in [-0.15, -0.1) is 0 Å². The summed E-state index contributed by atoms with van der Waals surface area (Å²) in [7, 11) is -3.88. The highest BCUT2D eigenvalue weighted by atomic mass is 79.9. The fourth-order valence-electron chi connectivity index (χ4n) is 2.42. The van der Waals surface area contributed by atoms with E-state index in [4.69, 9.17) is 5.21 Å². The lowest BCUT2D eigenvalue weighted by Gasteiger charge is -2.32. The van der Waals surface area contributed by atoms with Crippen molar-refractivity contribution in [1.82, 2.24) is 4.31 Å². The molecule has 1 fully saturated rings. The van der Waals surface area contributed by atoms with E-state index in [9.17, 15) is 12.8 Å². The Labute approximate surface area is 131 Å². The first-order valence-corrected chi connectivity index (χ1v) is 8.79. The van der Waals surface area contributed by atoms with Crippen LogP contribution < -0.4 is 0 Å². The second kappa shape index (κ2) is 6.41. The molecule has 21 heavy (non-hydrogen) atoms. The zero-order chi connectivity index (χ0) is 15.6. The van der Waals surface area contributed by atoms with E-state index in [1.807, 2.05) is 6.92 Å². The summed E-state index contributed by atoms with van der Waals surface area (Å²) >= 11 is 3.11. The maximum atomic E-state index is 13.9. The Kier molecular flexibility index (Phi) is 5.00. The monoisotopic (exact) mass is 378 g/mol. The summed E-state index contributed by atoms with van der Waals surface area (Å²) in [6.07, 6.45) is 1.01. The van der Waals surface area contributed by atoms with Crippen LogP contribution >= 0.6 is 15.9 Å². The van der Waals surface area contributed by atoms with Gasteiger partial charge in [-0.25, -0.2) is 12.8 Å². The van der Waals surface area contributed by atoms with Gasteiger partial charge in [0.2, 0.25) is 10.0 Å². The van der Waals surface area contributed by atoms with Crippen molar-refractivity contribution in [2.75, 3.05) is 13.1 Å². The molecule has 0 radical (unpaired) electrons. The van der Waals surface area contributed by atoms with E-state index in [2.05, 4.69) is 21.1 Å². The summed E-state index contributed by atoms with van der Waals surface area (Å²) in [6, 6.07) is 3.89. The van der Waals surface area contributed by atoms with E-state index in [0.717, 1.165) is 6.07 Å². The molecule has 5 nitrogen and oxygen atoms in total. The number of hydrogen-bond acceptors (Lipinski definition) is 4. The smallest absolute Gasteiger partial charge is 0.246 e. The fraction of sp³-hybridized carbons (Fsp3) is 0.462. The Morgan fingerprint density at radius 1 is 1.52 bits per heavy atom. The zero-order valence-electron chi connectivity index (χ0n) is 11.5. The fourth-order valence-corrected chi connectivity index (χ4v) is 4.29. The Balaban J connectivity index is 2.32. The molecule has 1 saturated heterocycles. The van der Waals surface area contributed by atoms with Crippen molar-refractivity contribution in [2.45, 2.75) is 24.7 Å². The maximum Gasteiger partial charge on any atom is 0.246 e. The van der Waals surface area contributed by atoms with Gasteiger partial charge in [-0.05, 0) is 24.6 Å². The van der Waals surface area contributed by atoms with Gasteiger partial charge in [-0.2, -0.15) is 4.31 Å². The topological polar surface area (TPSA) is 70.0 Å². The summed E-state index contributed by atoms with van der Waals surface area (Å²) < 4.78 is 40.7. The normalized spacial score (nSPS) is 22.6. The highest BCUT2D eigenvalue weighted by Gasteiger charge is 2.34. The van der Waals surface area contributed by atoms with Crippen molar-refractivity contribution < 1.29 is 18.0 Å². The van der Waals surface area contributed by atoms with Crippen LogP contribution in [-0.2, 0) is 10.0 Å². The predicted molar refractivity (Wildman–Crippen MR) is 80.5 cm³/mol. The number of benzene rings is 1. The van der Waals surface area contributed by atoms with Crippen molar-refractivity contribution in [1.29, 1.82) is 0 Å². The molecule has 116 valence electrons. The van der Waals surface area contributed by atoms with Crippen LogP contribution in [0.4, 0.5) is 4.39 Å². The van der Waals surface area contributed by atoms with Gasteiger partial charge in [0.25, 0.3) is 0 Å². The molecule has 0 aromatic heterocycles. The standard InChI is InChI=1S/C13H16BrFN2O3S/c1-2-9-8-17(6-5-12(9)16-18)21(19,20)13-4-3-10(14)7-11(13)15/h3-4,7,9,18H,2,5-6,8H2,1H3/b16-12+. The lowest BCUT2D eigenvalue weighted by atomic mass is 9.95. The molecule has 1 aromatic carbocycles. The molecular weight excluding hydrogens is 363 g/mol. The van der Waals surface area contributed by atoms with Crippen LogP contribution in [-0.4, -0.2) is 36.7 Å². The van der Waals surface area contributed by atoms with Crippen molar-refractivity contribution in [3.8, 4) is 0 Å². The van der Waals surface area contributed by atoms with E-state index in [1.54, 1.807) is 0 Å². The third-order valence-corrected chi connectivity index (χ3v) is 6.04. The molecule has 1 unspecified atom stereocenters. The van der Waals surface area contributed by atoms with Gasteiger partial charge in [-0.3, -0.25) is 0 Å². The minimum Gasteiger partial charge on any atom is -0.411 e. The molecule has 1 aliphatic heterocycles. The highest BCUT2D eigenvalue weighted by Crippen LogP contribution is 2.27. The van der Waals surface area contributed by atoms with E-state index in [-0.39, 0.29) is 23.9 Å². The molecular formula is C13H16BrFN2O3S. The summed E-state index contributed by atoms with van der Waals surface area (Å²) in [5, 5.41) is 12.2. The van der Waals surface area contributed by atoms with Gasteiger partial charge in [0.05, 0.1) is 5.71 Å². The van der Waals surface area contributed by atoms with Gasteiger partial charge >= 0.3 is 0 Å². The minimum atomic E-state index is -3.88. The van der Waals surface area contributed by atoms with E-state index < -0.39 is 15.8 Å². The molecule has 0 saturated carbocycles.